The average Bonchev–Trinajstić information content (AvgIpc) is 3.47. The summed E-state index contributed by atoms with van der Waals surface area (Å²) in [6.45, 7) is 7.91. The maximum absolute atomic E-state index is 8.16. The molecule has 2 unspecified atom stereocenters. The van der Waals surface area contributed by atoms with E-state index in [-0.39, 0.29) is 8.45 Å². The number of benzene rings is 2. The van der Waals surface area contributed by atoms with Crippen molar-refractivity contribution in [2.45, 2.75) is 61.1 Å². The fraction of sp³-hybridized carbons (Fsp3) is 0.333. The average molecular weight is 544 g/mol. The molecule has 0 nitrogen and oxygen atoms in total. The van der Waals surface area contributed by atoms with Crippen LogP contribution in [0.1, 0.15) is 50.7 Å². The minimum absolute atomic E-state index is 0.193. The first kappa shape index (κ1) is 26.0. The summed E-state index contributed by atoms with van der Waals surface area (Å²) >= 11 is -4.14. The van der Waals surface area contributed by atoms with Crippen molar-refractivity contribution < 1.29 is 12.4 Å². The fourth-order valence-electron chi connectivity index (χ4n) is 5.84. The van der Waals surface area contributed by atoms with Crippen molar-refractivity contribution in [3.05, 3.63) is 107 Å². The van der Waals surface area contributed by atoms with Crippen LogP contribution in [0.3, 0.4) is 0 Å². The fourth-order valence-corrected chi connectivity index (χ4v) is 25.0. The van der Waals surface area contributed by atoms with Gasteiger partial charge in [-0.25, -0.2) is 0 Å². The molecular formula is C30H37Cl2SiTi. The zero-order valence-electron chi connectivity index (χ0n) is 20.9. The minimum atomic E-state index is -4.14. The maximum atomic E-state index is 8.16. The Bertz CT molecular complexity index is 1060. The van der Waals surface area contributed by atoms with Gasteiger partial charge in [-0.05, 0) is 0 Å². The Kier molecular flexibility index (Phi) is 8.02. The molecule has 2 aromatic rings. The predicted octanol–water partition coefficient (Wildman–Crippen LogP) is 10.2. The van der Waals surface area contributed by atoms with Crippen molar-refractivity contribution in [1.82, 2.24) is 0 Å². The number of allylic oxidation sites excluding steroid dienone is 8. The molecule has 0 fully saturated rings. The molecule has 0 radical (unpaired) electrons. The van der Waals surface area contributed by atoms with Crippen LogP contribution >= 0.6 is 18.6 Å². The third kappa shape index (κ3) is 4.68. The summed E-state index contributed by atoms with van der Waals surface area (Å²) in [5.74, 6) is 0. The van der Waals surface area contributed by atoms with E-state index in [1.54, 1.807) is 0 Å². The molecular weight excluding hydrogens is 507 g/mol. The molecule has 2 aliphatic rings. The van der Waals surface area contributed by atoms with Crippen molar-refractivity contribution in [3.8, 4) is 0 Å². The summed E-state index contributed by atoms with van der Waals surface area (Å²) in [5, 5.41) is 0. The van der Waals surface area contributed by atoms with E-state index in [1.165, 1.54) is 33.4 Å². The standard InChI is InChI=1S/2C14H15.C2H7Si.2ClH.Ti/c2*1-2-6-12-9-10-14(11-12)13-7-4-3-5-8-13;1-3-2;;;/h2*3-5,7-11H,2,6H2,1H3;3H,1-2H3;2*1H;/q;;;;;+2/p-2. The summed E-state index contributed by atoms with van der Waals surface area (Å²) in [6.07, 6.45) is 14.1. The number of halogens is 2. The zero-order valence-corrected chi connectivity index (χ0v) is 25.1. The second-order valence-corrected chi connectivity index (χ2v) is 39.6. The van der Waals surface area contributed by atoms with Crippen molar-refractivity contribution >= 4 is 36.4 Å². The Hall–Kier alpha value is -1.09. The summed E-state index contributed by atoms with van der Waals surface area (Å²) < 4.78 is 0.387. The molecule has 0 spiro atoms. The molecule has 0 aliphatic heterocycles. The third-order valence-corrected chi connectivity index (χ3v) is 43.3. The molecule has 2 atom stereocenters. The van der Waals surface area contributed by atoms with Crippen molar-refractivity contribution in [2.24, 2.45) is 0 Å². The van der Waals surface area contributed by atoms with E-state index in [9.17, 15) is 0 Å². The Morgan fingerprint density at radius 2 is 1.06 bits per heavy atom. The Balaban J connectivity index is 1.86. The first-order valence-electron chi connectivity index (χ1n) is 12.8. The van der Waals surface area contributed by atoms with Crippen molar-refractivity contribution in [2.75, 3.05) is 0 Å². The van der Waals surface area contributed by atoms with Gasteiger partial charge in [0.05, 0.1) is 0 Å². The van der Waals surface area contributed by atoms with E-state index in [4.69, 9.17) is 18.6 Å². The van der Waals surface area contributed by atoms with Gasteiger partial charge in [0, 0.05) is 0 Å². The van der Waals surface area contributed by atoms with E-state index >= 15 is 0 Å². The summed E-state index contributed by atoms with van der Waals surface area (Å²) in [4.78, 5) is 0. The molecule has 0 saturated carbocycles. The Labute approximate surface area is 215 Å². The quantitative estimate of drug-likeness (QED) is 0.276. The van der Waals surface area contributed by atoms with E-state index in [2.05, 4.69) is 112 Å². The van der Waals surface area contributed by atoms with Crippen molar-refractivity contribution in [1.29, 1.82) is 0 Å². The third-order valence-electron chi connectivity index (χ3n) is 7.76. The van der Waals surface area contributed by atoms with Crippen LogP contribution in [0.4, 0.5) is 0 Å². The van der Waals surface area contributed by atoms with E-state index in [0.717, 1.165) is 25.7 Å². The molecule has 2 aliphatic carbocycles. The molecule has 4 heteroatoms. The molecule has 4 rings (SSSR count). The first-order chi connectivity index (χ1) is 16.3. The SMILES string of the molecule is CCCC1=CC(c2ccccc2)=C[CH]1[Ti]([Cl])([Cl])([CH]1C=C(c2ccccc2)C=C1CCC)[SiH](C)C. The molecule has 0 aromatic heterocycles. The van der Waals surface area contributed by atoms with Gasteiger partial charge in [0.15, 0.2) is 0 Å². The van der Waals surface area contributed by atoms with Crippen LogP contribution in [0.15, 0.2) is 96.1 Å². The summed E-state index contributed by atoms with van der Waals surface area (Å²) in [6, 6.07) is 21.5. The molecule has 2 aromatic carbocycles. The molecule has 0 N–H and O–H groups in total. The summed E-state index contributed by atoms with van der Waals surface area (Å²) in [7, 11) is 16.3. The number of hydrogen-bond donors (Lipinski definition) is 0. The normalized spacial score (nSPS) is 21.6. The second-order valence-electron chi connectivity index (χ2n) is 10.3. The molecule has 0 saturated heterocycles. The van der Waals surface area contributed by atoms with Gasteiger partial charge >= 0.3 is 217 Å². The monoisotopic (exact) mass is 543 g/mol. The van der Waals surface area contributed by atoms with Crippen molar-refractivity contribution in [3.63, 3.8) is 0 Å². The first-order valence-corrected chi connectivity index (χ1v) is 24.5. The summed E-state index contributed by atoms with van der Waals surface area (Å²) in [5.41, 5.74) is 8.05. The molecule has 0 heterocycles. The van der Waals surface area contributed by atoms with E-state index in [1.807, 2.05) is 0 Å². The zero-order chi connectivity index (χ0) is 24.4. The topological polar surface area (TPSA) is 0 Å². The van der Waals surface area contributed by atoms with Crippen LogP contribution in [0.5, 0.6) is 0 Å². The Morgan fingerprint density at radius 3 is 1.38 bits per heavy atom. The number of hydrogen-bond acceptors (Lipinski definition) is 0. The van der Waals surface area contributed by atoms with E-state index < -0.39 is 19.1 Å². The van der Waals surface area contributed by atoms with Gasteiger partial charge in [-0.1, -0.05) is 0 Å². The van der Waals surface area contributed by atoms with Gasteiger partial charge in [-0.15, -0.1) is 0 Å². The van der Waals surface area contributed by atoms with Gasteiger partial charge in [0.2, 0.25) is 0 Å². The molecule has 0 amide bonds. The van der Waals surface area contributed by atoms with E-state index in [0.29, 0.717) is 0 Å². The molecule has 179 valence electrons. The van der Waals surface area contributed by atoms with Gasteiger partial charge < -0.3 is 0 Å². The van der Waals surface area contributed by atoms with Crippen LogP contribution in [0.25, 0.3) is 11.1 Å². The predicted molar refractivity (Wildman–Crippen MR) is 153 cm³/mol. The molecule has 0 bridgehead atoms. The van der Waals surface area contributed by atoms with Crippen LogP contribution in [0, 0.1) is 0 Å². The van der Waals surface area contributed by atoms with Gasteiger partial charge in [0.1, 0.15) is 0 Å². The van der Waals surface area contributed by atoms with Crippen LogP contribution in [0.2, 0.25) is 21.5 Å². The van der Waals surface area contributed by atoms with Gasteiger partial charge in [0.25, 0.3) is 0 Å². The number of rotatable bonds is 9. The van der Waals surface area contributed by atoms with Gasteiger partial charge in [-0.3, -0.25) is 0 Å². The van der Waals surface area contributed by atoms with Crippen LogP contribution < -0.4 is 0 Å². The van der Waals surface area contributed by atoms with Crippen LogP contribution in [-0.4, -0.2) is 6.66 Å². The molecule has 34 heavy (non-hydrogen) atoms. The second kappa shape index (κ2) is 10.5. The van der Waals surface area contributed by atoms with Crippen LogP contribution in [-0.2, 0) is 12.4 Å². The Morgan fingerprint density at radius 1 is 0.676 bits per heavy atom. The van der Waals surface area contributed by atoms with Gasteiger partial charge in [-0.2, -0.15) is 0 Å².